The van der Waals surface area contributed by atoms with Crippen molar-refractivity contribution in [2.24, 2.45) is 5.92 Å². The molecule has 152 valence electrons. The number of carbonyl (C=O) groups is 2. The molecule has 1 aliphatic rings. The van der Waals surface area contributed by atoms with Crippen molar-refractivity contribution in [3.8, 4) is 5.75 Å². The van der Waals surface area contributed by atoms with E-state index in [1.807, 2.05) is 12.1 Å². The summed E-state index contributed by atoms with van der Waals surface area (Å²) in [4.78, 5) is 24.2. The van der Waals surface area contributed by atoms with Crippen LogP contribution in [0.4, 0.5) is 4.39 Å². The number of halogens is 1. The minimum absolute atomic E-state index is 0.0204. The van der Waals surface area contributed by atoms with Gasteiger partial charge in [0.25, 0.3) is 5.91 Å². The Balaban J connectivity index is 1.74. The lowest BCUT2D eigenvalue weighted by atomic mass is 9.81. The Morgan fingerprint density at radius 1 is 1.24 bits per heavy atom. The smallest absolute Gasteiger partial charge is 0.334 e. The minimum Gasteiger partial charge on any atom is -0.494 e. The van der Waals surface area contributed by atoms with Crippen molar-refractivity contribution in [2.75, 3.05) is 7.11 Å². The predicted octanol–water partition coefficient (Wildman–Crippen LogP) is 3.99. The fourth-order valence-electron chi connectivity index (χ4n) is 3.58. The molecule has 1 unspecified atom stereocenters. The summed E-state index contributed by atoms with van der Waals surface area (Å²) < 4.78 is 18.7. The molecule has 0 saturated carbocycles. The summed E-state index contributed by atoms with van der Waals surface area (Å²) in [6, 6.07) is 11.9. The third-order valence-electron chi connectivity index (χ3n) is 5.13. The number of carboxylic acids is 1. The van der Waals surface area contributed by atoms with Gasteiger partial charge in [-0.2, -0.15) is 0 Å². The molecular weight excluding hydrogens is 393 g/mol. The summed E-state index contributed by atoms with van der Waals surface area (Å²) in [6.45, 7) is 0. The highest BCUT2D eigenvalue weighted by atomic mass is 32.1. The van der Waals surface area contributed by atoms with Crippen molar-refractivity contribution >= 4 is 24.5 Å². The molecule has 0 bridgehead atoms. The van der Waals surface area contributed by atoms with E-state index in [-0.39, 0.29) is 27.8 Å². The number of hydrogen-bond donors (Lipinski definition) is 3. The van der Waals surface area contributed by atoms with Crippen LogP contribution in [-0.4, -0.2) is 24.1 Å². The average Bonchev–Trinajstić information content (AvgIpc) is 2.71. The molecule has 0 aliphatic heterocycles. The third-order valence-corrected chi connectivity index (χ3v) is 5.51. The van der Waals surface area contributed by atoms with E-state index >= 15 is 0 Å². The van der Waals surface area contributed by atoms with Crippen molar-refractivity contribution in [3.63, 3.8) is 0 Å². The number of rotatable bonds is 6. The Kier molecular flexibility index (Phi) is 6.59. The topological polar surface area (TPSA) is 75.6 Å². The van der Waals surface area contributed by atoms with Crippen LogP contribution in [0, 0.1) is 11.7 Å². The van der Waals surface area contributed by atoms with E-state index in [0.717, 1.165) is 25.3 Å². The number of ether oxygens (including phenoxy) is 1. The lowest BCUT2D eigenvalue weighted by Crippen LogP contribution is -2.25. The van der Waals surface area contributed by atoms with Crippen LogP contribution in [0.2, 0.25) is 0 Å². The quantitative estimate of drug-likeness (QED) is 0.493. The number of carboxylic acid groups (broad SMARTS) is 1. The molecule has 1 amide bonds. The molecule has 0 spiro atoms. The zero-order chi connectivity index (χ0) is 21.0. The fourth-order valence-corrected chi connectivity index (χ4v) is 3.87. The molecule has 0 saturated heterocycles. The van der Waals surface area contributed by atoms with Gasteiger partial charge < -0.3 is 15.2 Å². The van der Waals surface area contributed by atoms with Crippen LogP contribution < -0.4 is 10.1 Å². The Bertz CT molecular complexity index is 973. The second kappa shape index (κ2) is 9.13. The van der Waals surface area contributed by atoms with E-state index in [0.29, 0.717) is 6.42 Å². The van der Waals surface area contributed by atoms with Gasteiger partial charge in [0.05, 0.1) is 17.7 Å². The van der Waals surface area contributed by atoms with Crippen LogP contribution in [0.25, 0.3) is 0 Å². The summed E-state index contributed by atoms with van der Waals surface area (Å²) in [5, 5.41) is 12.1. The maximum Gasteiger partial charge on any atom is 0.334 e. The van der Waals surface area contributed by atoms with Gasteiger partial charge in [-0.15, -0.1) is 12.6 Å². The van der Waals surface area contributed by atoms with Crippen LogP contribution in [0.3, 0.4) is 0 Å². The molecule has 2 aromatic rings. The molecule has 5 nitrogen and oxygen atoms in total. The van der Waals surface area contributed by atoms with Crippen molar-refractivity contribution < 1.29 is 23.8 Å². The average molecular weight is 415 g/mol. The zero-order valence-corrected chi connectivity index (χ0v) is 16.8. The first kappa shape index (κ1) is 20.9. The van der Waals surface area contributed by atoms with E-state index in [1.54, 1.807) is 0 Å². The fraction of sp³-hybridized carbons (Fsp3) is 0.273. The number of thiol groups is 1. The molecule has 29 heavy (non-hydrogen) atoms. The largest absolute Gasteiger partial charge is 0.494 e. The Hall–Kier alpha value is -2.80. The number of methoxy groups -OCH3 is 1. The maximum atomic E-state index is 13.8. The van der Waals surface area contributed by atoms with Crippen LogP contribution in [0.1, 0.15) is 34.3 Å². The number of carbonyl (C=O) groups excluding carboxylic acids is 1. The number of amides is 1. The first-order valence-corrected chi connectivity index (χ1v) is 9.70. The number of aryl methyl sites for hydroxylation is 1. The zero-order valence-electron chi connectivity index (χ0n) is 15.9. The van der Waals surface area contributed by atoms with E-state index in [2.05, 4.69) is 30.1 Å². The van der Waals surface area contributed by atoms with Crippen molar-refractivity contribution in [3.05, 3.63) is 75.6 Å². The van der Waals surface area contributed by atoms with E-state index in [9.17, 15) is 19.1 Å². The van der Waals surface area contributed by atoms with Gasteiger partial charge in [0.15, 0.2) is 11.6 Å². The summed E-state index contributed by atoms with van der Waals surface area (Å²) in [5.41, 5.74) is 2.61. The number of nitrogens with one attached hydrogen (secondary N) is 1. The molecule has 2 aromatic carbocycles. The molecule has 0 radical (unpaired) electrons. The minimum atomic E-state index is -1.13. The van der Waals surface area contributed by atoms with E-state index in [4.69, 9.17) is 4.74 Å². The Morgan fingerprint density at radius 3 is 2.62 bits per heavy atom. The number of aliphatic carboxylic acids is 1. The van der Waals surface area contributed by atoms with Crippen LogP contribution in [0.15, 0.2) is 53.1 Å². The van der Waals surface area contributed by atoms with E-state index in [1.165, 1.54) is 30.4 Å². The highest BCUT2D eigenvalue weighted by Crippen LogP contribution is 2.30. The van der Waals surface area contributed by atoms with Gasteiger partial charge in [-0.25, -0.2) is 9.18 Å². The predicted molar refractivity (Wildman–Crippen MR) is 111 cm³/mol. The van der Waals surface area contributed by atoms with Gasteiger partial charge in [-0.1, -0.05) is 24.3 Å². The monoisotopic (exact) mass is 415 g/mol. The third kappa shape index (κ3) is 4.98. The van der Waals surface area contributed by atoms with Crippen molar-refractivity contribution in [2.45, 2.75) is 25.7 Å². The molecule has 0 heterocycles. The van der Waals surface area contributed by atoms with Gasteiger partial charge in [-0.3, -0.25) is 4.79 Å². The number of benzene rings is 2. The molecule has 0 fully saturated rings. The van der Waals surface area contributed by atoms with E-state index < -0.39 is 17.7 Å². The summed E-state index contributed by atoms with van der Waals surface area (Å²) >= 11 is 4.22. The lowest BCUT2D eigenvalue weighted by molar-refractivity contribution is -0.133. The lowest BCUT2D eigenvalue weighted by Gasteiger charge is -2.25. The van der Waals surface area contributed by atoms with Gasteiger partial charge in [-0.05, 0) is 60.9 Å². The second-order valence-electron chi connectivity index (χ2n) is 7.02. The summed E-state index contributed by atoms with van der Waals surface area (Å²) in [7, 11) is 1.33. The Labute approximate surface area is 174 Å². The number of fused-ring (bicyclic) bond motifs is 1. The summed E-state index contributed by atoms with van der Waals surface area (Å²) in [5.74, 6) is -2.27. The molecule has 3 rings (SSSR count). The van der Waals surface area contributed by atoms with Crippen LogP contribution in [-0.2, 0) is 17.6 Å². The highest BCUT2D eigenvalue weighted by molar-refractivity contribution is 7.84. The molecule has 1 aliphatic carbocycles. The normalized spacial score (nSPS) is 16.4. The molecule has 7 heteroatoms. The van der Waals surface area contributed by atoms with Gasteiger partial charge in [0.1, 0.15) is 0 Å². The van der Waals surface area contributed by atoms with Crippen LogP contribution >= 0.6 is 12.6 Å². The highest BCUT2D eigenvalue weighted by Gasteiger charge is 2.24. The molecule has 2 N–H and O–H groups in total. The van der Waals surface area contributed by atoms with Crippen molar-refractivity contribution in [1.29, 1.82) is 0 Å². The maximum absolute atomic E-state index is 13.8. The van der Waals surface area contributed by atoms with Gasteiger partial charge in [0, 0.05) is 5.56 Å². The van der Waals surface area contributed by atoms with Crippen molar-refractivity contribution in [1.82, 2.24) is 5.32 Å². The first-order chi connectivity index (χ1) is 13.9. The molecular formula is C22H22FNO4S. The SMILES string of the molecule is COc1ccc(C(=O)N/C(S)=C(/CC2CCc3ccccc3C2)C(=O)O)cc1F. The number of hydrogen-bond acceptors (Lipinski definition) is 4. The van der Waals surface area contributed by atoms with Crippen LogP contribution in [0.5, 0.6) is 5.75 Å². The molecule has 1 atom stereocenters. The first-order valence-electron chi connectivity index (χ1n) is 9.26. The summed E-state index contributed by atoms with van der Waals surface area (Å²) in [6.07, 6.45) is 2.84. The van der Waals surface area contributed by atoms with Gasteiger partial charge in [0.2, 0.25) is 0 Å². The van der Waals surface area contributed by atoms with Gasteiger partial charge >= 0.3 is 5.97 Å². The Morgan fingerprint density at radius 2 is 1.97 bits per heavy atom. The molecule has 0 aromatic heterocycles. The second-order valence-corrected chi connectivity index (χ2v) is 7.46. The standard InChI is InChI=1S/C22H22FNO4S/c1-28-19-9-8-16(12-18(19)23)20(25)24-21(29)17(22(26)27)11-13-6-7-14-4-2-3-5-15(14)10-13/h2-5,8-9,12-13,29H,6-7,10-11H2,1H3,(H,24,25)(H,26,27)/b21-17+.